The molecule has 0 bridgehead atoms. The first kappa shape index (κ1) is 15.0. The zero-order valence-electron chi connectivity index (χ0n) is 11.4. The van der Waals surface area contributed by atoms with E-state index in [0.717, 1.165) is 30.0 Å². The Labute approximate surface area is 125 Å². The maximum absolute atomic E-state index is 12.2. The number of hydrogen-bond acceptors (Lipinski definition) is 6. The summed E-state index contributed by atoms with van der Waals surface area (Å²) in [6.45, 7) is 4.42. The summed E-state index contributed by atoms with van der Waals surface area (Å²) in [4.78, 5) is 25.5. The van der Waals surface area contributed by atoms with Crippen molar-refractivity contribution in [1.29, 1.82) is 0 Å². The van der Waals surface area contributed by atoms with Crippen LogP contribution in [0.4, 0.5) is 5.69 Å². The average Bonchev–Trinajstić information content (AvgIpc) is 2.39. The number of halogens is 1. The molecule has 8 heteroatoms. The van der Waals surface area contributed by atoms with E-state index < -0.39 is 5.97 Å². The lowest BCUT2D eigenvalue weighted by Crippen LogP contribution is -2.57. The van der Waals surface area contributed by atoms with Crippen molar-refractivity contribution in [1.82, 2.24) is 15.1 Å². The Morgan fingerprint density at radius 2 is 2.35 bits per heavy atom. The number of hydrogen-bond donors (Lipinski definition) is 1. The van der Waals surface area contributed by atoms with E-state index in [1.165, 1.54) is 7.11 Å². The summed E-state index contributed by atoms with van der Waals surface area (Å²) in [5.41, 5.74) is 0.420. The lowest BCUT2D eigenvalue weighted by Gasteiger charge is -2.39. The van der Waals surface area contributed by atoms with Crippen molar-refractivity contribution >= 4 is 27.6 Å². The summed E-state index contributed by atoms with van der Waals surface area (Å²) in [6.07, 6.45) is 1.61. The first-order valence-electron chi connectivity index (χ1n) is 6.38. The molecule has 20 heavy (non-hydrogen) atoms. The molecule has 7 nitrogen and oxygen atoms in total. The Bertz CT molecular complexity index is 556. The van der Waals surface area contributed by atoms with E-state index in [1.54, 1.807) is 6.20 Å². The number of anilines is 1. The van der Waals surface area contributed by atoms with Crippen LogP contribution in [0.2, 0.25) is 0 Å². The van der Waals surface area contributed by atoms with Gasteiger partial charge in [-0.15, -0.1) is 0 Å². The molecular weight excluding hydrogens is 328 g/mol. The molecule has 1 fully saturated rings. The Morgan fingerprint density at radius 3 is 2.85 bits per heavy atom. The molecule has 0 aromatic carbocycles. The van der Waals surface area contributed by atoms with Crippen LogP contribution >= 0.6 is 15.9 Å². The highest BCUT2D eigenvalue weighted by Crippen LogP contribution is 2.24. The second-order valence-corrected chi connectivity index (χ2v) is 5.27. The summed E-state index contributed by atoms with van der Waals surface area (Å²) in [6, 6.07) is 0.369. The number of rotatable bonds is 5. The van der Waals surface area contributed by atoms with Crippen LogP contribution in [0.5, 0.6) is 0 Å². The minimum Gasteiger partial charge on any atom is -0.468 e. The minimum atomic E-state index is -0.505. The van der Waals surface area contributed by atoms with Crippen molar-refractivity contribution in [3.8, 4) is 0 Å². The van der Waals surface area contributed by atoms with Gasteiger partial charge < -0.3 is 15.0 Å². The van der Waals surface area contributed by atoms with E-state index in [-0.39, 0.29) is 12.1 Å². The molecule has 0 radical (unpaired) electrons. The van der Waals surface area contributed by atoms with Crippen molar-refractivity contribution in [2.24, 2.45) is 0 Å². The summed E-state index contributed by atoms with van der Waals surface area (Å²) in [7, 11) is 1.28. The van der Waals surface area contributed by atoms with Gasteiger partial charge in [0.05, 0.1) is 25.0 Å². The fourth-order valence-electron chi connectivity index (χ4n) is 2.08. The topological polar surface area (TPSA) is 76.5 Å². The monoisotopic (exact) mass is 344 g/mol. The molecule has 0 spiro atoms. The smallest absolute Gasteiger partial charge is 0.327 e. The Kier molecular flexibility index (Phi) is 4.77. The minimum absolute atomic E-state index is 0.189. The Morgan fingerprint density at radius 1 is 1.65 bits per heavy atom. The van der Waals surface area contributed by atoms with Crippen LogP contribution in [0.25, 0.3) is 0 Å². The zero-order valence-corrected chi connectivity index (χ0v) is 13.0. The standard InChI is InChI=1S/C12H17BrN4O3/c1-3-16(8-4-14-5-8)9-6-15-17(7-10(18)20-2)12(19)11(9)13/h6,8,14H,3-5,7H2,1-2H3. The normalized spacial score (nSPS) is 14.8. The number of esters is 1. The number of ether oxygens (including phenoxy) is 1. The molecule has 1 saturated heterocycles. The highest BCUT2D eigenvalue weighted by atomic mass is 79.9. The first-order chi connectivity index (χ1) is 9.58. The van der Waals surface area contributed by atoms with Gasteiger partial charge in [0.25, 0.3) is 5.56 Å². The number of likely N-dealkylation sites (N-methyl/N-ethyl adjacent to an activating group) is 1. The van der Waals surface area contributed by atoms with E-state index in [1.807, 2.05) is 6.92 Å². The molecule has 0 unspecified atom stereocenters. The number of methoxy groups -OCH3 is 1. The number of carbonyl (C=O) groups excluding carboxylic acids is 1. The van der Waals surface area contributed by atoms with E-state index in [0.29, 0.717) is 10.5 Å². The quantitative estimate of drug-likeness (QED) is 0.756. The predicted octanol–water partition coefficient (Wildman–Crippen LogP) is -0.0231. The lowest BCUT2D eigenvalue weighted by atomic mass is 10.1. The Balaban J connectivity index is 2.30. The summed E-state index contributed by atoms with van der Waals surface area (Å²) in [5.74, 6) is -0.505. The van der Waals surface area contributed by atoms with Gasteiger partial charge in [0.15, 0.2) is 0 Å². The third-order valence-electron chi connectivity index (χ3n) is 3.32. The van der Waals surface area contributed by atoms with Crippen molar-refractivity contribution in [3.63, 3.8) is 0 Å². The molecule has 0 saturated carbocycles. The van der Waals surface area contributed by atoms with Crippen molar-refractivity contribution in [2.45, 2.75) is 19.5 Å². The van der Waals surface area contributed by atoms with Gasteiger partial charge in [0.2, 0.25) is 0 Å². The third-order valence-corrected chi connectivity index (χ3v) is 4.07. The molecule has 1 N–H and O–H groups in total. The van der Waals surface area contributed by atoms with Crippen LogP contribution in [0.3, 0.4) is 0 Å². The zero-order chi connectivity index (χ0) is 14.7. The highest BCUT2D eigenvalue weighted by Gasteiger charge is 2.26. The molecule has 1 aliphatic rings. The molecule has 1 aliphatic heterocycles. The van der Waals surface area contributed by atoms with Crippen molar-refractivity contribution < 1.29 is 9.53 Å². The maximum Gasteiger partial charge on any atom is 0.327 e. The van der Waals surface area contributed by atoms with Crippen molar-refractivity contribution in [2.75, 3.05) is 31.6 Å². The fourth-order valence-corrected chi connectivity index (χ4v) is 2.61. The summed E-state index contributed by atoms with van der Waals surface area (Å²) < 4.78 is 6.05. The van der Waals surface area contributed by atoms with Gasteiger partial charge in [-0.2, -0.15) is 5.10 Å². The van der Waals surface area contributed by atoms with Crippen molar-refractivity contribution in [3.05, 3.63) is 21.0 Å². The molecule has 0 atom stereocenters. The van der Waals surface area contributed by atoms with E-state index in [4.69, 9.17) is 0 Å². The summed E-state index contributed by atoms with van der Waals surface area (Å²) >= 11 is 3.32. The predicted molar refractivity (Wildman–Crippen MR) is 77.9 cm³/mol. The maximum atomic E-state index is 12.2. The molecule has 0 aliphatic carbocycles. The van der Waals surface area contributed by atoms with Gasteiger partial charge in [-0.25, -0.2) is 4.68 Å². The van der Waals surface area contributed by atoms with Crippen LogP contribution in [-0.4, -0.2) is 48.5 Å². The highest BCUT2D eigenvalue weighted by molar-refractivity contribution is 9.10. The molecule has 110 valence electrons. The second-order valence-electron chi connectivity index (χ2n) is 4.48. The second kappa shape index (κ2) is 6.36. The number of carbonyl (C=O) groups is 1. The van der Waals surface area contributed by atoms with Gasteiger partial charge in [0, 0.05) is 19.6 Å². The first-order valence-corrected chi connectivity index (χ1v) is 7.17. The molecule has 0 amide bonds. The molecule has 2 heterocycles. The van der Waals surface area contributed by atoms with Gasteiger partial charge in [-0.05, 0) is 22.9 Å². The van der Waals surface area contributed by atoms with Crippen LogP contribution in [0, 0.1) is 0 Å². The van der Waals surface area contributed by atoms with E-state index in [9.17, 15) is 9.59 Å². The van der Waals surface area contributed by atoms with Gasteiger partial charge >= 0.3 is 5.97 Å². The van der Waals surface area contributed by atoms with Gasteiger partial charge in [0.1, 0.15) is 11.0 Å². The fraction of sp³-hybridized carbons (Fsp3) is 0.583. The van der Waals surface area contributed by atoms with Crippen LogP contribution in [0.1, 0.15) is 6.92 Å². The third kappa shape index (κ3) is 2.85. The van der Waals surface area contributed by atoms with Gasteiger partial charge in [-0.1, -0.05) is 0 Å². The molecule has 1 aromatic heterocycles. The van der Waals surface area contributed by atoms with Crippen LogP contribution in [-0.2, 0) is 16.1 Å². The summed E-state index contributed by atoms with van der Waals surface area (Å²) in [5, 5.41) is 7.25. The van der Waals surface area contributed by atoms with Crippen LogP contribution in [0.15, 0.2) is 15.5 Å². The van der Waals surface area contributed by atoms with E-state index in [2.05, 4.69) is 36.0 Å². The average molecular weight is 345 g/mol. The largest absolute Gasteiger partial charge is 0.468 e. The molecule has 2 rings (SSSR count). The lowest BCUT2D eigenvalue weighted by molar-refractivity contribution is -0.141. The number of nitrogens with zero attached hydrogens (tertiary/aromatic N) is 3. The number of nitrogens with one attached hydrogen (secondary N) is 1. The van der Waals surface area contributed by atoms with Gasteiger partial charge in [-0.3, -0.25) is 9.59 Å². The number of aromatic nitrogens is 2. The van der Waals surface area contributed by atoms with Crippen LogP contribution < -0.4 is 15.8 Å². The molecular formula is C12H17BrN4O3. The van der Waals surface area contributed by atoms with E-state index >= 15 is 0 Å². The molecule has 1 aromatic rings. The Hall–Kier alpha value is -1.41. The SMILES string of the molecule is CCN(c1cnn(CC(=O)OC)c(=O)c1Br)C1CNC1.